The highest BCUT2D eigenvalue weighted by molar-refractivity contribution is 5.99. The molecule has 0 radical (unpaired) electrons. The van der Waals surface area contributed by atoms with Crippen LogP contribution in [0.25, 0.3) is 16.8 Å². The molecule has 4 rings (SSSR count). The number of fused-ring (bicyclic) bond motifs is 1. The summed E-state index contributed by atoms with van der Waals surface area (Å²) >= 11 is 0. The Labute approximate surface area is 202 Å². The first-order chi connectivity index (χ1) is 17.0. The number of hydrogen-bond donors (Lipinski definition) is 2. The molecule has 0 saturated heterocycles. The lowest BCUT2D eigenvalue weighted by atomic mass is 10.0. The van der Waals surface area contributed by atoms with Gasteiger partial charge in [-0.3, -0.25) is 9.59 Å². The number of aromatic hydroxyl groups is 2. The maximum atomic E-state index is 12.9. The lowest BCUT2D eigenvalue weighted by Crippen LogP contribution is -2.26. The minimum absolute atomic E-state index is 0.00199. The quantitative estimate of drug-likeness (QED) is 0.205. The Morgan fingerprint density at radius 3 is 1.74 bits per heavy atom. The molecule has 0 aliphatic carbocycles. The van der Waals surface area contributed by atoms with Gasteiger partial charge in [-0.25, -0.2) is 0 Å². The molecule has 2 N–H and O–H groups in total. The van der Waals surface area contributed by atoms with E-state index in [-0.39, 0.29) is 30.3 Å². The fourth-order valence-corrected chi connectivity index (χ4v) is 3.58. The highest BCUT2D eigenvalue weighted by Gasteiger charge is 2.27. The molecule has 0 amide bonds. The third kappa shape index (κ3) is 5.86. The van der Waals surface area contributed by atoms with Crippen LogP contribution in [0, 0.1) is 5.92 Å². The lowest BCUT2D eigenvalue weighted by Gasteiger charge is -2.13. The van der Waals surface area contributed by atoms with E-state index in [0.717, 1.165) is 11.1 Å². The summed E-state index contributed by atoms with van der Waals surface area (Å²) in [5.74, 6) is -3.05. The predicted molar refractivity (Wildman–Crippen MR) is 132 cm³/mol. The summed E-state index contributed by atoms with van der Waals surface area (Å²) in [6.45, 7) is -0.00399. The first-order valence-electron chi connectivity index (χ1n) is 11.1. The molecule has 0 aliphatic rings. The smallest absolute Gasteiger partial charge is 0.324 e. The van der Waals surface area contributed by atoms with E-state index in [1.807, 2.05) is 60.7 Å². The second-order valence-electron chi connectivity index (χ2n) is 7.90. The normalized spacial score (nSPS) is 11.1. The van der Waals surface area contributed by atoms with Gasteiger partial charge in [0.15, 0.2) is 5.92 Å². The standard InChI is InChI=1S/C29H24O6/c30-26-17-22(27(31)24-14-8-7-13-23(24)26)15-16-25(28(32)34-18-20-9-3-1-4-10-20)29(33)35-19-21-11-5-2-6-12-21/h1-17,25,30-31H,18-19H2/b16-15+. The zero-order chi connectivity index (χ0) is 24.6. The topological polar surface area (TPSA) is 93.1 Å². The van der Waals surface area contributed by atoms with Gasteiger partial charge < -0.3 is 19.7 Å². The number of carbonyl (C=O) groups excluding carboxylic acids is 2. The van der Waals surface area contributed by atoms with Crippen molar-refractivity contribution in [2.45, 2.75) is 13.2 Å². The molecule has 0 fully saturated rings. The van der Waals surface area contributed by atoms with Crippen molar-refractivity contribution in [3.63, 3.8) is 0 Å². The Morgan fingerprint density at radius 2 is 1.20 bits per heavy atom. The van der Waals surface area contributed by atoms with E-state index in [0.29, 0.717) is 10.8 Å². The minimum Gasteiger partial charge on any atom is -0.507 e. The van der Waals surface area contributed by atoms with Gasteiger partial charge in [0.2, 0.25) is 0 Å². The number of carbonyl (C=O) groups is 2. The van der Waals surface area contributed by atoms with Crippen molar-refractivity contribution in [3.05, 3.63) is 114 Å². The largest absolute Gasteiger partial charge is 0.507 e. The third-order valence-corrected chi connectivity index (χ3v) is 5.45. The second-order valence-corrected chi connectivity index (χ2v) is 7.90. The van der Waals surface area contributed by atoms with Crippen LogP contribution in [0.3, 0.4) is 0 Å². The fraction of sp³-hybridized carbons (Fsp3) is 0.103. The van der Waals surface area contributed by atoms with Crippen molar-refractivity contribution >= 4 is 28.8 Å². The summed E-state index contributed by atoms with van der Waals surface area (Å²) in [7, 11) is 0. The molecule has 0 aromatic heterocycles. The molecule has 6 nitrogen and oxygen atoms in total. The van der Waals surface area contributed by atoms with Gasteiger partial charge in [-0.15, -0.1) is 0 Å². The van der Waals surface area contributed by atoms with Gasteiger partial charge in [-0.2, -0.15) is 0 Å². The second kappa shape index (κ2) is 11.0. The summed E-state index contributed by atoms with van der Waals surface area (Å²) in [5, 5.41) is 22.0. The summed E-state index contributed by atoms with van der Waals surface area (Å²) < 4.78 is 10.7. The Hall–Kier alpha value is -4.58. The van der Waals surface area contributed by atoms with E-state index in [9.17, 15) is 19.8 Å². The van der Waals surface area contributed by atoms with Crippen molar-refractivity contribution in [2.75, 3.05) is 0 Å². The van der Waals surface area contributed by atoms with E-state index in [2.05, 4.69) is 0 Å². The maximum absolute atomic E-state index is 12.9. The fourth-order valence-electron chi connectivity index (χ4n) is 3.58. The summed E-state index contributed by atoms with van der Waals surface area (Å²) in [6.07, 6.45) is 2.71. The molecule has 4 aromatic carbocycles. The number of ether oxygens (including phenoxy) is 2. The van der Waals surface area contributed by atoms with Crippen molar-refractivity contribution in [1.82, 2.24) is 0 Å². The highest BCUT2D eigenvalue weighted by atomic mass is 16.6. The van der Waals surface area contributed by atoms with E-state index < -0.39 is 17.9 Å². The van der Waals surface area contributed by atoms with Gasteiger partial charge in [-0.1, -0.05) is 97.1 Å². The molecule has 0 aliphatic heterocycles. The summed E-state index contributed by atoms with van der Waals surface area (Å²) in [4.78, 5) is 25.7. The van der Waals surface area contributed by atoms with Crippen LogP contribution < -0.4 is 0 Å². The molecule has 4 aromatic rings. The van der Waals surface area contributed by atoms with Crippen LogP contribution in [-0.2, 0) is 32.3 Å². The van der Waals surface area contributed by atoms with Crippen LogP contribution in [0.15, 0.2) is 97.1 Å². The van der Waals surface area contributed by atoms with E-state index in [1.54, 1.807) is 24.3 Å². The number of phenols is 2. The molecule has 0 bridgehead atoms. The van der Waals surface area contributed by atoms with Crippen molar-refractivity contribution < 1.29 is 29.3 Å². The van der Waals surface area contributed by atoms with Gasteiger partial charge >= 0.3 is 11.9 Å². The predicted octanol–water partition coefficient (Wildman–Crippen LogP) is 5.37. The number of rotatable bonds is 8. The van der Waals surface area contributed by atoms with Crippen LogP contribution in [-0.4, -0.2) is 22.2 Å². The van der Waals surface area contributed by atoms with Gasteiger partial charge in [-0.05, 0) is 17.2 Å². The summed E-state index contributed by atoms with van der Waals surface area (Å²) in [5.41, 5.74) is 1.80. The van der Waals surface area contributed by atoms with Crippen molar-refractivity contribution in [1.29, 1.82) is 0 Å². The molecule has 0 unspecified atom stereocenters. The van der Waals surface area contributed by atoms with E-state index in [4.69, 9.17) is 9.47 Å². The maximum Gasteiger partial charge on any atom is 0.324 e. The van der Waals surface area contributed by atoms with E-state index >= 15 is 0 Å². The molecule has 0 saturated carbocycles. The SMILES string of the molecule is O=C(OCc1ccccc1)C(/C=C/c1cc(O)c2ccccc2c1O)C(=O)OCc1ccccc1. The molecular formula is C29H24O6. The highest BCUT2D eigenvalue weighted by Crippen LogP contribution is 2.36. The Balaban J connectivity index is 1.57. The van der Waals surface area contributed by atoms with Crippen LogP contribution in [0.2, 0.25) is 0 Å². The monoisotopic (exact) mass is 468 g/mol. The van der Waals surface area contributed by atoms with Crippen LogP contribution in [0.4, 0.5) is 0 Å². The Bertz CT molecular complexity index is 1290. The number of hydrogen-bond acceptors (Lipinski definition) is 6. The molecular weight excluding hydrogens is 444 g/mol. The molecule has 0 heterocycles. The Kier molecular flexibility index (Phi) is 7.43. The van der Waals surface area contributed by atoms with Crippen molar-refractivity contribution in [2.24, 2.45) is 5.92 Å². The van der Waals surface area contributed by atoms with Gasteiger partial charge in [0.25, 0.3) is 0 Å². The van der Waals surface area contributed by atoms with E-state index in [1.165, 1.54) is 18.2 Å². The van der Waals surface area contributed by atoms with Gasteiger partial charge in [0, 0.05) is 16.3 Å². The third-order valence-electron chi connectivity index (χ3n) is 5.45. The number of esters is 2. The number of benzene rings is 4. The summed E-state index contributed by atoms with van der Waals surface area (Å²) in [6, 6.07) is 26.4. The number of phenolic OH excluding ortho intramolecular Hbond substituents is 2. The molecule has 35 heavy (non-hydrogen) atoms. The first-order valence-corrected chi connectivity index (χ1v) is 11.1. The molecule has 0 atom stereocenters. The van der Waals surface area contributed by atoms with Crippen LogP contribution in [0.5, 0.6) is 11.5 Å². The van der Waals surface area contributed by atoms with Crippen LogP contribution >= 0.6 is 0 Å². The van der Waals surface area contributed by atoms with Crippen LogP contribution in [0.1, 0.15) is 16.7 Å². The average Bonchev–Trinajstić information content (AvgIpc) is 2.90. The molecule has 6 heteroatoms. The molecule has 176 valence electrons. The van der Waals surface area contributed by atoms with Crippen molar-refractivity contribution in [3.8, 4) is 11.5 Å². The average molecular weight is 469 g/mol. The minimum atomic E-state index is -1.37. The Morgan fingerprint density at radius 1 is 0.714 bits per heavy atom. The zero-order valence-corrected chi connectivity index (χ0v) is 18.8. The molecule has 0 spiro atoms. The zero-order valence-electron chi connectivity index (χ0n) is 18.8. The lowest BCUT2D eigenvalue weighted by molar-refractivity contribution is -0.161. The first kappa shape index (κ1) is 23.6. The van der Waals surface area contributed by atoms with Gasteiger partial charge in [0.1, 0.15) is 24.7 Å². The van der Waals surface area contributed by atoms with Gasteiger partial charge in [0.05, 0.1) is 0 Å².